The first kappa shape index (κ1) is 10.1. The number of rotatable bonds is 4. The molecule has 0 radical (unpaired) electrons. The van der Waals surface area contributed by atoms with E-state index in [0.29, 0.717) is 5.41 Å². The Hall–Kier alpha value is 0.0300. The molecule has 1 heteroatoms. The molecule has 0 aromatic carbocycles. The zero-order chi connectivity index (χ0) is 9.19. The summed E-state index contributed by atoms with van der Waals surface area (Å²) in [5, 5.41) is 0. The first-order valence-electron chi connectivity index (χ1n) is 4.79. The van der Waals surface area contributed by atoms with Crippen LogP contribution in [0, 0.1) is 5.41 Å². The third kappa shape index (κ3) is 2.52. The lowest BCUT2D eigenvalue weighted by atomic mass is 9.97. The summed E-state index contributed by atoms with van der Waals surface area (Å²) >= 11 is 5.90. The Labute approximate surface area is 81.0 Å². The number of alkyl halides is 1. The maximum atomic E-state index is 5.90. The van der Waals surface area contributed by atoms with Crippen molar-refractivity contribution in [2.75, 3.05) is 5.88 Å². The Morgan fingerprint density at radius 1 is 1.25 bits per heavy atom. The second-order valence-electron chi connectivity index (χ2n) is 4.41. The summed E-state index contributed by atoms with van der Waals surface area (Å²) in [6.45, 7) is 6.62. The molecule has 1 rings (SSSR count). The Morgan fingerprint density at radius 2 is 1.83 bits per heavy atom. The summed E-state index contributed by atoms with van der Waals surface area (Å²) in [6.07, 6.45) is 5.25. The van der Waals surface area contributed by atoms with Gasteiger partial charge in [0.25, 0.3) is 0 Å². The van der Waals surface area contributed by atoms with Crippen molar-refractivity contribution in [2.24, 2.45) is 5.41 Å². The van der Waals surface area contributed by atoms with E-state index < -0.39 is 0 Å². The SMILES string of the molecule is CC(C)=C(C)CCC1(CCl)CC1. The smallest absolute Gasteiger partial charge is 0.0280 e. The lowest BCUT2D eigenvalue weighted by molar-refractivity contribution is 0.522. The van der Waals surface area contributed by atoms with E-state index in [-0.39, 0.29) is 0 Å². The van der Waals surface area contributed by atoms with Crippen LogP contribution in [0.25, 0.3) is 0 Å². The molecule has 0 aromatic rings. The molecule has 0 unspecified atom stereocenters. The third-order valence-electron chi connectivity index (χ3n) is 3.12. The minimum Gasteiger partial charge on any atom is -0.126 e. The van der Waals surface area contributed by atoms with Gasteiger partial charge in [0.05, 0.1) is 0 Å². The fourth-order valence-corrected chi connectivity index (χ4v) is 1.73. The largest absolute Gasteiger partial charge is 0.126 e. The van der Waals surface area contributed by atoms with E-state index in [9.17, 15) is 0 Å². The molecule has 1 aliphatic carbocycles. The topological polar surface area (TPSA) is 0 Å². The lowest BCUT2D eigenvalue weighted by Gasteiger charge is -2.11. The van der Waals surface area contributed by atoms with Crippen molar-refractivity contribution >= 4 is 11.6 Å². The molecule has 0 saturated heterocycles. The summed E-state index contributed by atoms with van der Waals surface area (Å²) in [4.78, 5) is 0. The van der Waals surface area contributed by atoms with E-state index in [1.807, 2.05) is 0 Å². The quantitative estimate of drug-likeness (QED) is 0.457. The normalized spacial score (nSPS) is 19.0. The molecule has 0 N–H and O–H groups in total. The maximum Gasteiger partial charge on any atom is 0.0280 e. The van der Waals surface area contributed by atoms with Crippen molar-refractivity contribution in [3.05, 3.63) is 11.1 Å². The molecule has 0 aromatic heterocycles. The average molecular weight is 187 g/mol. The second kappa shape index (κ2) is 3.83. The molecule has 0 nitrogen and oxygen atoms in total. The minimum atomic E-state index is 0.540. The molecule has 0 bridgehead atoms. The maximum absolute atomic E-state index is 5.90. The summed E-state index contributed by atoms with van der Waals surface area (Å²) in [5.74, 6) is 0.864. The van der Waals surface area contributed by atoms with Crippen molar-refractivity contribution in [1.29, 1.82) is 0 Å². The summed E-state index contributed by atoms with van der Waals surface area (Å²) < 4.78 is 0. The Kier molecular flexibility index (Phi) is 3.22. The van der Waals surface area contributed by atoms with Gasteiger partial charge in [-0.1, -0.05) is 11.1 Å². The summed E-state index contributed by atoms with van der Waals surface area (Å²) in [7, 11) is 0. The van der Waals surface area contributed by atoms with E-state index in [0.717, 1.165) is 5.88 Å². The summed E-state index contributed by atoms with van der Waals surface area (Å²) in [6, 6.07) is 0. The van der Waals surface area contributed by atoms with Gasteiger partial charge in [-0.2, -0.15) is 0 Å². The molecular formula is C11H19Cl. The highest BCUT2D eigenvalue weighted by atomic mass is 35.5. The predicted octanol–water partition coefficient (Wildman–Crippen LogP) is 4.14. The molecule has 0 aliphatic heterocycles. The van der Waals surface area contributed by atoms with E-state index in [1.165, 1.54) is 31.3 Å². The van der Waals surface area contributed by atoms with Gasteiger partial charge in [-0.3, -0.25) is 0 Å². The van der Waals surface area contributed by atoms with Crippen LogP contribution in [0.3, 0.4) is 0 Å². The predicted molar refractivity (Wildman–Crippen MR) is 55.7 cm³/mol. The van der Waals surface area contributed by atoms with Crippen LogP contribution in [0.4, 0.5) is 0 Å². The second-order valence-corrected chi connectivity index (χ2v) is 4.68. The van der Waals surface area contributed by atoms with Crippen LogP contribution in [-0.2, 0) is 0 Å². The Balaban J connectivity index is 2.31. The highest BCUT2D eigenvalue weighted by Crippen LogP contribution is 2.50. The van der Waals surface area contributed by atoms with Gasteiger partial charge in [-0.05, 0) is 51.9 Å². The van der Waals surface area contributed by atoms with Gasteiger partial charge in [-0.25, -0.2) is 0 Å². The van der Waals surface area contributed by atoms with Crippen LogP contribution >= 0.6 is 11.6 Å². The van der Waals surface area contributed by atoms with Crippen molar-refractivity contribution in [2.45, 2.75) is 46.5 Å². The van der Waals surface area contributed by atoms with Crippen LogP contribution in [0.2, 0.25) is 0 Å². The van der Waals surface area contributed by atoms with Gasteiger partial charge >= 0.3 is 0 Å². The first-order chi connectivity index (χ1) is 5.59. The van der Waals surface area contributed by atoms with Crippen molar-refractivity contribution < 1.29 is 0 Å². The van der Waals surface area contributed by atoms with E-state index in [4.69, 9.17) is 11.6 Å². The highest BCUT2D eigenvalue weighted by Gasteiger charge is 2.40. The molecule has 1 fully saturated rings. The number of allylic oxidation sites excluding steroid dienone is 2. The van der Waals surface area contributed by atoms with Gasteiger partial charge in [-0.15, -0.1) is 11.6 Å². The van der Waals surface area contributed by atoms with Gasteiger partial charge in [0, 0.05) is 5.88 Å². The van der Waals surface area contributed by atoms with E-state index in [1.54, 1.807) is 5.57 Å². The molecule has 1 aliphatic rings. The molecule has 70 valence electrons. The average Bonchev–Trinajstić information content (AvgIpc) is 2.81. The molecule has 1 saturated carbocycles. The third-order valence-corrected chi connectivity index (χ3v) is 3.69. The number of hydrogen-bond acceptors (Lipinski definition) is 0. The van der Waals surface area contributed by atoms with Gasteiger partial charge < -0.3 is 0 Å². The summed E-state index contributed by atoms with van der Waals surface area (Å²) in [5.41, 5.74) is 3.56. The first-order valence-corrected chi connectivity index (χ1v) is 5.32. The van der Waals surface area contributed by atoms with Crippen molar-refractivity contribution in [3.63, 3.8) is 0 Å². The zero-order valence-electron chi connectivity index (χ0n) is 8.41. The Bertz CT molecular complexity index is 183. The molecule has 0 heterocycles. The van der Waals surface area contributed by atoms with Crippen molar-refractivity contribution in [1.82, 2.24) is 0 Å². The van der Waals surface area contributed by atoms with Gasteiger partial charge in [0.15, 0.2) is 0 Å². The Morgan fingerprint density at radius 3 is 2.17 bits per heavy atom. The highest BCUT2D eigenvalue weighted by molar-refractivity contribution is 6.18. The number of halogens is 1. The molecule has 0 atom stereocenters. The van der Waals surface area contributed by atoms with Gasteiger partial charge in [0.1, 0.15) is 0 Å². The van der Waals surface area contributed by atoms with Crippen LogP contribution < -0.4 is 0 Å². The zero-order valence-corrected chi connectivity index (χ0v) is 9.17. The fraction of sp³-hybridized carbons (Fsp3) is 0.818. The van der Waals surface area contributed by atoms with E-state index >= 15 is 0 Å². The minimum absolute atomic E-state index is 0.540. The molecule has 0 amide bonds. The molecular weight excluding hydrogens is 168 g/mol. The standard InChI is InChI=1S/C11H19Cl/c1-9(2)10(3)4-5-11(8-12)6-7-11/h4-8H2,1-3H3. The monoisotopic (exact) mass is 186 g/mol. The van der Waals surface area contributed by atoms with Crippen LogP contribution in [0.15, 0.2) is 11.1 Å². The van der Waals surface area contributed by atoms with Crippen LogP contribution in [0.5, 0.6) is 0 Å². The fourth-order valence-electron chi connectivity index (χ4n) is 1.33. The van der Waals surface area contributed by atoms with Crippen LogP contribution in [0.1, 0.15) is 46.5 Å². The number of hydrogen-bond donors (Lipinski definition) is 0. The van der Waals surface area contributed by atoms with Crippen LogP contribution in [-0.4, -0.2) is 5.88 Å². The van der Waals surface area contributed by atoms with Crippen molar-refractivity contribution in [3.8, 4) is 0 Å². The molecule has 0 spiro atoms. The van der Waals surface area contributed by atoms with Gasteiger partial charge in [0.2, 0.25) is 0 Å². The molecule has 12 heavy (non-hydrogen) atoms. The van der Waals surface area contributed by atoms with E-state index in [2.05, 4.69) is 20.8 Å². The lowest BCUT2D eigenvalue weighted by Crippen LogP contribution is -2.02.